The maximum atomic E-state index is 12.2. The van der Waals surface area contributed by atoms with Crippen LogP contribution in [-0.2, 0) is 16.0 Å². The number of urea groups is 1. The molecule has 4 amide bonds. The molecule has 2 rings (SSSR count). The molecule has 0 atom stereocenters. The molecule has 0 aromatic heterocycles. The predicted octanol–water partition coefficient (Wildman–Crippen LogP) is 2.06. The van der Waals surface area contributed by atoms with Gasteiger partial charge in [0, 0.05) is 38.9 Å². The van der Waals surface area contributed by atoms with Gasteiger partial charge in [-0.1, -0.05) is 12.1 Å². The number of hydrogen-bond donors (Lipinski definition) is 2. The van der Waals surface area contributed by atoms with Gasteiger partial charge in [0.1, 0.15) is 0 Å². The monoisotopic (exact) mass is 376 g/mol. The van der Waals surface area contributed by atoms with Gasteiger partial charge >= 0.3 is 12.1 Å². The summed E-state index contributed by atoms with van der Waals surface area (Å²) in [6.07, 6.45) is 1.42. The topological polar surface area (TPSA) is 91.0 Å². The first-order valence-corrected chi connectivity index (χ1v) is 9.17. The van der Waals surface area contributed by atoms with Crippen LogP contribution in [0.1, 0.15) is 25.3 Å². The molecule has 8 heteroatoms. The highest BCUT2D eigenvalue weighted by Crippen LogP contribution is 2.13. The van der Waals surface area contributed by atoms with Crippen LogP contribution in [0.5, 0.6) is 0 Å². The van der Waals surface area contributed by atoms with Crippen LogP contribution < -0.4 is 10.6 Å². The third kappa shape index (κ3) is 6.47. The zero-order chi connectivity index (χ0) is 19.8. The molecule has 27 heavy (non-hydrogen) atoms. The standard InChI is InChI=1S/C19H28N4O4/c1-4-27-19(26)23-11-9-16(10-12-23)21-18(25)20-15-7-5-14(6-8-15)13-17(24)22(2)3/h5-8,16H,4,9-13H2,1-3H3,(H2,20,21,25). The van der Waals surface area contributed by atoms with E-state index in [9.17, 15) is 14.4 Å². The van der Waals surface area contributed by atoms with Crippen LogP contribution >= 0.6 is 0 Å². The molecule has 0 bridgehead atoms. The van der Waals surface area contributed by atoms with E-state index in [1.165, 1.54) is 0 Å². The van der Waals surface area contributed by atoms with Crippen molar-refractivity contribution in [3.05, 3.63) is 29.8 Å². The van der Waals surface area contributed by atoms with E-state index in [-0.39, 0.29) is 24.1 Å². The highest BCUT2D eigenvalue weighted by molar-refractivity contribution is 5.89. The predicted molar refractivity (Wildman–Crippen MR) is 103 cm³/mol. The summed E-state index contributed by atoms with van der Waals surface area (Å²) < 4.78 is 4.99. The number of nitrogens with one attached hydrogen (secondary N) is 2. The average molecular weight is 376 g/mol. The number of rotatable bonds is 5. The fourth-order valence-corrected chi connectivity index (χ4v) is 2.81. The Labute approximate surface area is 159 Å². The van der Waals surface area contributed by atoms with Crippen molar-refractivity contribution in [1.82, 2.24) is 15.1 Å². The van der Waals surface area contributed by atoms with Crippen molar-refractivity contribution in [2.75, 3.05) is 39.1 Å². The lowest BCUT2D eigenvalue weighted by Gasteiger charge is -2.31. The van der Waals surface area contributed by atoms with Crippen molar-refractivity contribution in [3.8, 4) is 0 Å². The number of amides is 4. The van der Waals surface area contributed by atoms with Gasteiger partial charge in [-0.05, 0) is 37.5 Å². The van der Waals surface area contributed by atoms with Crippen LogP contribution in [0.25, 0.3) is 0 Å². The molecule has 0 radical (unpaired) electrons. The van der Waals surface area contributed by atoms with Crippen LogP contribution in [0.2, 0.25) is 0 Å². The van der Waals surface area contributed by atoms with E-state index in [0.717, 1.165) is 5.56 Å². The summed E-state index contributed by atoms with van der Waals surface area (Å²) in [5.74, 6) is 0.0302. The first kappa shape index (κ1) is 20.5. The first-order chi connectivity index (χ1) is 12.9. The largest absolute Gasteiger partial charge is 0.450 e. The van der Waals surface area contributed by atoms with Crippen molar-refractivity contribution in [2.24, 2.45) is 0 Å². The smallest absolute Gasteiger partial charge is 0.409 e. The number of piperidine rings is 1. The van der Waals surface area contributed by atoms with Crippen LogP contribution in [0.15, 0.2) is 24.3 Å². The molecule has 0 saturated carbocycles. The second kappa shape index (κ2) is 9.80. The molecule has 1 aliphatic rings. The van der Waals surface area contributed by atoms with Crippen LogP contribution in [0.4, 0.5) is 15.3 Å². The Kier molecular flexibility index (Phi) is 7.45. The second-order valence-electron chi connectivity index (χ2n) is 6.72. The van der Waals surface area contributed by atoms with E-state index >= 15 is 0 Å². The summed E-state index contributed by atoms with van der Waals surface area (Å²) in [7, 11) is 3.44. The summed E-state index contributed by atoms with van der Waals surface area (Å²) in [6.45, 7) is 3.28. The third-order valence-corrected chi connectivity index (χ3v) is 4.42. The Morgan fingerprint density at radius 3 is 2.33 bits per heavy atom. The Morgan fingerprint density at radius 2 is 1.78 bits per heavy atom. The van der Waals surface area contributed by atoms with E-state index in [1.54, 1.807) is 43.0 Å². The molecule has 1 aromatic rings. The van der Waals surface area contributed by atoms with E-state index < -0.39 is 0 Å². The number of likely N-dealkylation sites (tertiary alicyclic amines) is 1. The van der Waals surface area contributed by atoms with Gasteiger partial charge in [0.25, 0.3) is 0 Å². The molecule has 1 aromatic carbocycles. The molecule has 1 saturated heterocycles. The first-order valence-electron chi connectivity index (χ1n) is 9.17. The molecule has 0 spiro atoms. The summed E-state index contributed by atoms with van der Waals surface area (Å²) in [5, 5.41) is 5.73. The van der Waals surface area contributed by atoms with Crippen LogP contribution in [0.3, 0.4) is 0 Å². The van der Waals surface area contributed by atoms with Gasteiger partial charge in [-0.3, -0.25) is 4.79 Å². The van der Waals surface area contributed by atoms with Crippen molar-refractivity contribution in [1.29, 1.82) is 0 Å². The van der Waals surface area contributed by atoms with E-state index in [2.05, 4.69) is 10.6 Å². The van der Waals surface area contributed by atoms with Gasteiger partial charge in [0.2, 0.25) is 5.91 Å². The molecule has 0 aliphatic carbocycles. The number of anilines is 1. The number of nitrogens with zero attached hydrogens (tertiary/aromatic N) is 2. The van der Waals surface area contributed by atoms with E-state index in [1.807, 2.05) is 12.1 Å². The number of benzene rings is 1. The molecule has 2 N–H and O–H groups in total. The number of ether oxygens (including phenoxy) is 1. The Morgan fingerprint density at radius 1 is 1.15 bits per heavy atom. The van der Waals surface area contributed by atoms with Gasteiger partial charge in [-0.25, -0.2) is 9.59 Å². The van der Waals surface area contributed by atoms with Crippen molar-refractivity contribution in [3.63, 3.8) is 0 Å². The molecule has 1 fully saturated rings. The molecule has 1 aliphatic heterocycles. The third-order valence-electron chi connectivity index (χ3n) is 4.42. The van der Waals surface area contributed by atoms with Gasteiger partial charge in [0.15, 0.2) is 0 Å². The van der Waals surface area contributed by atoms with Crippen molar-refractivity contribution >= 4 is 23.7 Å². The highest BCUT2D eigenvalue weighted by atomic mass is 16.6. The second-order valence-corrected chi connectivity index (χ2v) is 6.72. The average Bonchev–Trinajstić information content (AvgIpc) is 2.64. The molecular formula is C19H28N4O4. The summed E-state index contributed by atoms with van der Waals surface area (Å²) in [4.78, 5) is 38.8. The summed E-state index contributed by atoms with van der Waals surface area (Å²) in [6, 6.07) is 6.96. The minimum absolute atomic E-state index is 0.0210. The van der Waals surface area contributed by atoms with Gasteiger partial charge in [0.05, 0.1) is 13.0 Å². The fraction of sp³-hybridized carbons (Fsp3) is 0.526. The maximum Gasteiger partial charge on any atom is 0.409 e. The van der Waals surface area contributed by atoms with Gasteiger partial charge in [-0.2, -0.15) is 0 Å². The Balaban J connectivity index is 1.76. The lowest BCUT2D eigenvalue weighted by Crippen LogP contribution is -2.47. The molecule has 8 nitrogen and oxygen atoms in total. The van der Waals surface area contributed by atoms with Gasteiger partial charge in [-0.15, -0.1) is 0 Å². The van der Waals surface area contributed by atoms with Crippen molar-refractivity contribution < 1.29 is 19.1 Å². The zero-order valence-corrected chi connectivity index (χ0v) is 16.2. The summed E-state index contributed by atoms with van der Waals surface area (Å²) >= 11 is 0. The zero-order valence-electron chi connectivity index (χ0n) is 16.2. The lowest BCUT2D eigenvalue weighted by molar-refractivity contribution is -0.127. The maximum absolute atomic E-state index is 12.2. The molecular weight excluding hydrogens is 348 g/mol. The Hall–Kier alpha value is -2.77. The highest BCUT2D eigenvalue weighted by Gasteiger charge is 2.24. The fourth-order valence-electron chi connectivity index (χ4n) is 2.81. The number of hydrogen-bond acceptors (Lipinski definition) is 4. The van der Waals surface area contributed by atoms with Gasteiger partial charge < -0.3 is 25.2 Å². The minimum atomic E-state index is -0.298. The van der Waals surface area contributed by atoms with E-state index in [0.29, 0.717) is 44.6 Å². The number of carbonyl (C=O) groups excluding carboxylic acids is 3. The van der Waals surface area contributed by atoms with Crippen molar-refractivity contribution in [2.45, 2.75) is 32.2 Å². The number of carbonyl (C=O) groups is 3. The molecule has 148 valence electrons. The molecule has 0 unspecified atom stereocenters. The normalized spacial score (nSPS) is 14.4. The Bertz CT molecular complexity index is 652. The SMILES string of the molecule is CCOC(=O)N1CCC(NC(=O)Nc2ccc(CC(=O)N(C)C)cc2)CC1. The van der Waals surface area contributed by atoms with Crippen LogP contribution in [0, 0.1) is 0 Å². The minimum Gasteiger partial charge on any atom is -0.450 e. The number of likely N-dealkylation sites (N-methyl/N-ethyl adjacent to an activating group) is 1. The quantitative estimate of drug-likeness (QED) is 0.823. The lowest BCUT2D eigenvalue weighted by atomic mass is 10.1. The van der Waals surface area contributed by atoms with E-state index in [4.69, 9.17) is 4.74 Å². The molecule has 1 heterocycles. The van der Waals surface area contributed by atoms with Crippen LogP contribution in [-0.4, -0.2) is 67.7 Å². The summed E-state index contributed by atoms with van der Waals surface area (Å²) in [5.41, 5.74) is 1.56.